The Hall–Kier alpha value is -1.66. The fourth-order valence-corrected chi connectivity index (χ4v) is 6.29. The molecule has 0 aliphatic heterocycles. The maximum atomic E-state index is 13.1. The van der Waals surface area contributed by atoms with Crippen molar-refractivity contribution in [2.75, 3.05) is 10.6 Å². The van der Waals surface area contributed by atoms with E-state index in [4.69, 9.17) is 23.8 Å². The van der Waals surface area contributed by atoms with E-state index in [1.807, 2.05) is 6.92 Å². The van der Waals surface area contributed by atoms with Gasteiger partial charge in [0.2, 0.25) is 11.8 Å². The van der Waals surface area contributed by atoms with Crippen molar-refractivity contribution < 1.29 is 9.59 Å². The Kier molecular flexibility index (Phi) is 5.85. The van der Waals surface area contributed by atoms with Gasteiger partial charge in [0.15, 0.2) is 5.11 Å². The zero-order valence-corrected chi connectivity index (χ0v) is 18.3. The Morgan fingerprint density at radius 2 is 1.72 bits per heavy atom. The molecule has 2 amide bonds. The molecule has 1 aromatic rings. The van der Waals surface area contributed by atoms with E-state index in [-0.39, 0.29) is 22.3 Å². The molecule has 0 radical (unpaired) electrons. The Bertz CT molecular complexity index is 806. The average Bonchev–Trinajstić information content (AvgIpc) is 2.63. The third-order valence-corrected chi connectivity index (χ3v) is 7.26. The summed E-state index contributed by atoms with van der Waals surface area (Å²) in [7, 11) is 0. The highest BCUT2D eigenvalue weighted by molar-refractivity contribution is 7.80. The molecular weight excluding hydrogens is 406 g/mol. The predicted octanol–water partition coefficient (Wildman–Crippen LogP) is 5.11. The van der Waals surface area contributed by atoms with Gasteiger partial charge in [0.25, 0.3) is 0 Å². The van der Waals surface area contributed by atoms with Crippen LogP contribution in [0.2, 0.25) is 5.02 Å². The van der Waals surface area contributed by atoms with Gasteiger partial charge < -0.3 is 16.0 Å². The highest BCUT2D eigenvalue weighted by atomic mass is 35.5. The summed E-state index contributed by atoms with van der Waals surface area (Å²) in [5.41, 5.74) is 0.961. The van der Waals surface area contributed by atoms with Crippen LogP contribution in [0.3, 0.4) is 0 Å². The van der Waals surface area contributed by atoms with Gasteiger partial charge in [0.05, 0.1) is 16.1 Å². The van der Waals surface area contributed by atoms with Gasteiger partial charge in [0.1, 0.15) is 0 Å². The Morgan fingerprint density at radius 1 is 1.10 bits per heavy atom. The smallest absolute Gasteiger partial charge is 0.232 e. The number of carbonyl (C=O) groups excluding carboxylic acids is 2. The van der Waals surface area contributed by atoms with Crippen LogP contribution in [0.4, 0.5) is 11.4 Å². The number of anilines is 2. The van der Waals surface area contributed by atoms with Crippen molar-refractivity contribution in [1.29, 1.82) is 0 Å². The molecule has 4 saturated carbocycles. The SMILES string of the molecule is CCCC(=O)Nc1ccc(Cl)c(NC(=S)NC(=O)C23CC4CC(CC(C4)C2)C3)c1. The van der Waals surface area contributed by atoms with Crippen molar-refractivity contribution >= 4 is 52.1 Å². The lowest BCUT2D eigenvalue weighted by Crippen LogP contribution is -2.55. The molecule has 4 fully saturated rings. The molecule has 0 unspecified atom stereocenters. The fourth-order valence-electron chi connectivity index (χ4n) is 5.93. The minimum absolute atomic E-state index is 0.0431. The van der Waals surface area contributed by atoms with Gasteiger partial charge in [-0.05, 0) is 93.1 Å². The molecule has 0 aromatic heterocycles. The van der Waals surface area contributed by atoms with Crippen molar-refractivity contribution in [3.8, 4) is 0 Å². The van der Waals surface area contributed by atoms with E-state index in [0.29, 0.717) is 40.6 Å². The van der Waals surface area contributed by atoms with Crippen LogP contribution in [0.1, 0.15) is 58.3 Å². The molecular formula is C22H28ClN3O2S. The van der Waals surface area contributed by atoms with Crippen molar-refractivity contribution in [2.45, 2.75) is 58.3 Å². The fraction of sp³-hybridized carbons (Fsp3) is 0.591. The second kappa shape index (κ2) is 8.23. The Balaban J connectivity index is 1.39. The molecule has 1 aromatic carbocycles. The van der Waals surface area contributed by atoms with E-state index in [9.17, 15) is 9.59 Å². The van der Waals surface area contributed by atoms with E-state index in [2.05, 4.69) is 16.0 Å². The Morgan fingerprint density at radius 3 is 2.31 bits per heavy atom. The molecule has 3 N–H and O–H groups in total. The van der Waals surface area contributed by atoms with Crippen LogP contribution in [0.5, 0.6) is 0 Å². The van der Waals surface area contributed by atoms with E-state index in [1.54, 1.807) is 18.2 Å². The maximum absolute atomic E-state index is 13.1. The minimum atomic E-state index is -0.250. The molecule has 0 heterocycles. The number of rotatable bonds is 5. The third-order valence-electron chi connectivity index (χ3n) is 6.72. The lowest BCUT2D eigenvalue weighted by atomic mass is 9.49. The quantitative estimate of drug-likeness (QED) is 0.564. The maximum Gasteiger partial charge on any atom is 0.232 e. The molecule has 4 bridgehead atoms. The molecule has 29 heavy (non-hydrogen) atoms. The number of hydrogen-bond acceptors (Lipinski definition) is 3. The van der Waals surface area contributed by atoms with E-state index in [0.717, 1.165) is 25.7 Å². The summed E-state index contributed by atoms with van der Waals surface area (Å²) in [6.45, 7) is 1.96. The van der Waals surface area contributed by atoms with Crippen LogP contribution >= 0.6 is 23.8 Å². The molecule has 5 nitrogen and oxygen atoms in total. The van der Waals surface area contributed by atoms with Gasteiger partial charge in [-0.15, -0.1) is 0 Å². The van der Waals surface area contributed by atoms with Crippen LogP contribution in [0, 0.1) is 23.2 Å². The van der Waals surface area contributed by atoms with Gasteiger partial charge in [-0.3, -0.25) is 9.59 Å². The first-order chi connectivity index (χ1) is 13.9. The summed E-state index contributed by atoms with van der Waals surface area (Å²) in [6.07, 6.45) is 8.10. The summed E-state index contributed by atoms with van der Waals surface area (Å²) >= 11 is 11.7. The number of thiocarbonyl (C=S) groups is 1. The van der Waals surface area contributed by atoms with Crippen molar-refractivity contribution in [2.24, 2.45) is 23.2 Å². The van der Waals surface area contributed by atoms with Crippen molar-refractivity contribution in [3.05, 3.63) is 23.2 Å². The lowest BCUT2D eigenvalue weighted by Gasteiger charge is -2.55. The molecule has 0 saturated heterocycles. The van der Waals surface area contributed by atoms with Crippen molar-refractivity contribution in [3.63, 3.8) is 0 Å². The van der Waals surface area contributed by atoms with Crippen LogP contribution < -0.4 is 16.0 Å². The van der Waals surface area contributed by atoms with E-state index < -0.39 is 0 Å². The van der Waals surface area contributed by atoms with Crippen LogP contribution in [0.25, 0.3) is 0 Å². The zero-order chi connectivity index (χ0) is 20.6. The average molecular weight is 434 g/mol. The molecule has 156 valence electrons. The second-order valence-corrected chi connectivity index (χ2v) is 9.91. The summed E-state index contributed by atoms with van der Waals surface area (Å²) < 4.78 is 0. The summed E-state index contributed by atoms with van der Waals surface area (Å²) in [5.74, 6) is 2.11. The topological polar surface area (TPSA) is 70.2 Å². The largest absolute Gasteiger partial charge is 0.331 e. The van der Waals surface area contributed by atoms with Gasteiger partial charge in [-0.1, -0.05) is 18.5 Å². The number of hydrogen-bond donors (Lipinski definition) is 3. The normalized spacial score (nSPS) is 29.4. The molecule has 4 aliphatic carbocycles. The predicted molar refractivity (Wildman–Crippen MR) is 120 cm³/mol. The monoisotopic (exact) mass is 433 g/mol. The van der Waals surface area contributed by atoms with E-state index in [1.165, 1.54) is 19.3 Å². The number of benzene rings is 1. The van der Waals surface area contributed by atoms with Gasteiger partial charge in [0, 0.05) is 12.1 Å². The summed E-state index contributed by atoms with van der Waals surface area (Å²) in [5, 5.41) is 9.54. The first-order valence-corrected chi connectivity index (χ1v) is 11.4. The minimum Gasteiger partial charge on any atom is -0.331 e. The lowest BCUT2D eigenvalue weighted by molar-refractivity contribution is -0.144. The zero-order valence-electron chi connectivity index (χ0n) is 16.7. The van der Waals surface area contributed by atoms with Crippen LogP contribution in [-0.2, 0) is 9.59 Å². The highest BCUT2D eigenvalue weighted by Gasteiger charge is 2.54. The highest BCUT2D eigenvalue weighted by Crippen LogP contribution is 2.60. The molecule has 0 spiro atoms. The number of halogens is 1. The van der Waals surface area contributed by atoms with Gasteiger partial charge in [-0.25, -0.2) is 0 Å². The van der Waals surface area contributed by atoms with Crippen LogP contribution in [0.15, 0.2) is 18.2 Å². The molecule has 0 atom stereocenters. The van der Waals surface area contributed by atoms with Crippen molar-refractivity contribution in [1.82, 2.24) is 5.32 Å². The first-order valence-electron chi connectivity index (χ1n) is 10.6. The standard InChI is InChI=1S/C22H28ClN3O2S/c1-2-3-19(27)24-16-4-5-17(23)18(9-16)25-21(29)26-20(28)22-10-13-6-14(11-22)8-15(7-13)12-22/h4-5,9,13-15H,2-3,6-8,10-12H2,1H3,(H,24,27)(H2,25,26,28,29). The molecule has 5 rings (SSSR count). The summed E-state index contributed by atoms with van der Waals surface area (Å²) in [4.78, 5) is 25.0. The first kappa shape index (κ1) is 20.6. The van der Waals surface area contributed by atoms with Gasteiger partial charge >= 0.3 is 0 Å². The number of carbonyl (C=O) groups is 2. The van der Waals surface area contributed by atoms with Gasteiger partial charge in [-0.2, -0.15) is 0 Å². The third kappa shape index (κ3) is 4.43. The van der Waals surface area contributed by atoms with E-state index >= 15 is 0 Å². The second-order valence-electron chi connectivity index (χ2n) is 9.10. The number of nitrogens with one attached hydrogen (secondary N) is 3. The molecule has 4 aliphatic rings. The number of amides is 2. The molecule has 7 heteroatoms. The van der Waals surface area contributed by atoms with Crippen LogP contribution in [-0.4, -0.2) is 16.9 Å². The Labute approximate surface area is 182 Å². The summed E-state index contributed by atoms with van der Waals surface area (Å²) in [6, 6.07) is 5.19.